The van der Waals surface area contributed by atoms with E-state index in [1.54, 1.807) is 4.68 Å². The Bertz CT molecular complexity index is 581. The molecule has 0 radical (unpaired) electrons. The third kappa shape index (κ3) is 3.08. The number of benzene rings is 1. The van der Waals surface area contributed by atoms with Gasteiger partial charge in [0.15, 0.2) is 5.16 Å². The van der Waals surface area contributed by atoms with Crippen LogP contribution in [-0.4, -0.2) is 20.9 Å². The van der Waals surface area contributed by atoms with E-state index in [9.17, 15) is 4.79 Å². The predicted octanol–water partition coefficient (Wildman–Crippen LogP) is 1.01. The van der Waals surface area contributed by atoms with Crippen molar-refractivity contribution < 1.29 is 14.5 Å². The Morgan fingerprint density at radius 2 is 2.11 bits per heavy atom. The van der Waals surface area contributed by atoms with Gasteiger partial charge in [0.25, 0.3) is 0 Å². The summed E-state index contributed by atoms with van der Waals surface area (Å²) in [4.78, 5) is 10.6. The molecule has 5 nitrogen and oxygen atoms in total. The first-order chi connectivity index (χ1) is 9.09. The van der Waals surface area contributed by atoms with Crippen LogP contribution in [0.15, 0.2) is 35.5 Å². The number of hydrogen-bond donors (Lipinski definition) is 1. The number of carbonyl (C=O) groups is 1. The summed E-state index contributed by atoms with van der Waals surface area (Å²) in [6.07, 6.45) is 1.34. The second-order valence-electron chi connectivity index (χ2n) is 4.25. The summed E-state index contributed by atoms with van der Waals surface area (Å²) in [7, 11) is 1.85. The highest BCUT2D eigenvalue weighted by Crippen LogP contribution is 2.10. The summed E-state index contributed by atoms with van der Waals surface area (Å²) in [5.74, 6) is 0.129. The Balaban J connectivity index is 2.29. The van der Waals surface area contributed by atoms with E-state index in [-0.39, 0.29) is 6.42 Å². The van der Waals surface area contributed by atoms with Gasteiger partial charge in [0.2, 0.25) is 5.82 Å². The first-order valence-corrected chi connectivity index (χ1v) is 6.42. The average Bonchev–Trinajstić information content (AvgIpc) is 2.68. The number of carboxylic acid groups (broad SMARTS) is 1. The van der Waals surface area contributed by atoms with Gasteiger partial charge in [-0.15, -0.1) is 0 Å². The molecular formula is C13H15N3O2S. The molecule has 6 heteroatoms. The van der Waals surface area contributed by atoms with Crippen molar-refractivity contribution in [3.05, 3.63) is 36.2 Å². The van der Waals surface area contributed by atoms with Gasteiger partial charge in [0.05, 0.1) is 7.05 Å². The minimum absolute atomic E-state index is 0.146. The lowest BCUT2D eigenvalue weighted by molar-refractivity contribution is -0.716. The van der Waals surface area contributed by atoms with Gasteiger partial charge in [-0.1, -0.05) is 22.9 Å². The number of nitrogens with zero attached hydrogens (tertiary/aromatic N) is 3. The van der Waals surface area contributed by atoms with Crippen LogP contribution in [-0.2, 0) is 30.9 Å². The summed E-state index contributed by atoms with van der Waals surface area (Å²) in [5, 5.41) is 13.5. The fourth-order valence-electron chi connectivity index (χ4n) is 1.91. The molecule has 0 unspecified atom stereocenters. The van der Waals surface area contributed by atoms with Gasteiger partial charge >= 0.3 is 5.97 Å². The number of para-hydroxylation sites is 1. The molecular weight excluding hydrogens is 262 g/mol. The Labute approximate surface area is 116 Å². The van der Waals surface area contributed by atoms with Gasteiger partial charge in [-0.2, -0.15) is 0 Å². The van der Waals surface area contributed by atoms with Gasteiger partial charge in [-0.3, -0.25) is 9.36 Å². The van der Waals surface area contributed by atoms with E-state index < -0.39 is 5.97 Å². The number of rotatable bonds is 5. The van der Waals surface area contributed by atoms with Crippen LogP contribution in [0.4, 0.5) is 0 Å². The molecule has 0 amide bonds. The van der Waals surface area contributed by atoms with Crippen molar-refractivity contribution in [1.82, 2.24) is 9.78 Å². The first-order valence-electron chi connectivity index (χ1n) is 6.01. The van der Waals surface area contributed by atoms with Crippen molar-refractivity contribution in [3.8, 4) is 5.69 Å². The topological polar surface area (TPSA) is 59.0 Å². The van der Waals surface area contributed by atoms with Gasteiger partial charge in [-0.25, -0.2) is 0 Å². The Kier molecular flexibility index (Phi) is 4.11. The molecule has 0 bridgehead atoms. The zero-order chi connectivity index (χ0) is 13.8. The van der Waals surface area contributed by atoms with E-state index in [4.69, 9.17) is 17.7 Å². The molecule has 19 heavy (non-hydrogen) atoms. The summed E-state index contributed by atoms with van der Waals surface area (Å²) in [5.41, 5.74) is 0.930. The fraction of sp³-hybridized carbons (Fsp3) is 0.308. The maximum absolute atomic E-state index is 10.6. The lowest BCUT2D eigenvalue weighted by Gasteiger charge is -2.01. The van der Waals surface area contributed by atoms with E-state index in [0.29, 0.717) is 18.0 Å². The highest BCUT2D eigenvalue weighted by Gasteiger charge is 2.18. The summed E-state index contributed by atoms with van der Waals surface area (Å²) >= 11 is 5.18. The van der Waals surface area contributed by atoms with E-state index in [1.165, 1.54) is 0 Å². The standard InChI is InChI=1S/C13H15N3O2S/c1-15-11(8-5-9-12(17)18)16(14-13(15)19)10-6-3-2-4-7-10/h2-4,6-7H,5,8-9H2,1H3,(H-,14,17,18,19). The first kappa shape index (κ1) is 13.5. The largest absolute Gasteiger partial charge is 0.703 e. The second kappa shape index (κ2) is 5.79. The average molecular weight is 277 g/mol. The van der Waals surface area contributed by atoms with Crippen LogP contribution in [0.2, 0.25) is 0 Å². The van der Waals surface area contributed by atoms with Crippen LogP contribution in [0.5, 0.6) is 0 Å². The van der Waals surface area contributed by atoms with Crippen LogP contribution in [0.25, 0.3) is 5.69 Å². The van der Waals surface area contributed by atoms with Gasteiger partial charge in [0, 0.05) is 17.9 Å². The maximum Gasteiger partial charge on any atom is 0.303 e. The lowest BCUT2D eigenvalue weighted by Crippen LogP contribution is -2.34. The molecule has 1 heterocycles. The van der Waals surface area contributed by atoms with Crippen molar-refractivity contribution in [2.24, 2.45) is 7.05 Å². The minimum atomic E-state index is -0.785. The number of aliphatic carboxylic acids is 1. The van der Waals surface area contributed by atoms with E-state index >= 15 is 0 Å². The highest BCUT2D eigenvalue weighted by molar-refractivity contribution is 7.58. The van der Waals surface area contributed by atoms with Crippen LogP contribution in [0.3, 0.4) is 0 Å². The van der Waals surface area contributed by atoms with Gasteiger partial charge < -0.3 is 17.7 Å². The minimum Gasteiger partial charge on any atom is -0.703 e. The quantitative estimate of drug-likeness (QED) is 0.654. The molecule has 1 aromatic carbocycles. The SMILES string of the molecule is C[n+]1c([S-])nn(-c2ccccc2)c1CCCC(=O)O. The number of carboxylic acids is 1. The molecule has 0 atom stereocenters. The zero-order valence-corrected chi connectivity index (χ0v) is 11.4. The predicted molar refractivity (Wildman–Crippen MR) is 70.9 cm³/mol. The molecule has 0 aliphatic carbocycles. The molecule has 2 aromatic rings. The van der Waals surface area contributed by atoms with E-state index in [0.717, 1.165) is 11.5 Å². The molecule has 2 rings (SSSR count). The molecule has 1 aromatic heterocycles. The monoisotopic (exact) mass is 277 g/mol. The van der Waals surface area contributed by atoms with Crippen molar-refractivity contribution in [1.29, 1.82) is 0 Å². The molecule has 0 aliphatic rings. The van der Waals surface area contributed by atoms with E-state index in [2.05, 4.69) is 5.10 Å². The van der Waals surface area contributed by atoms with Crippen molar-refractivity contribution in [3.63, 3.8) is 0 Å². The van der Waals surface area contributed by atoms with Crippen molar-refractivity contribution >= 4 is 18.6 Å². The number of aromatic nitrogens is 3. The van der Waals surface area contributed by atoms with Gasteiger partial charge in [-0.05, 0) is 18.6 Å². The van der Waals surface area contributed by atoms with Crippen molar-refractivity contribution in [2.45, 2.75) is 24.4 Å². The maximum atomic E-state index is 10.6. The van der Waals surface area contributed by atoms with Crippen LogP contribution in [0.1, 0.15) is 18.7 Å². The Morgan fingerprint density at radius 1 is 1.42 bits per heavy atom. The van der Waals surface area contributed by atoms with Crippen LogP contribution < -0.4 is 4.57 Å². The summed E-state index contributed by atoms with van der Waals surface area (Å²) in [6, 6.07) is 9.69. The molecule has 100 valence electrons. The lowest BCUT2D eigenvalue weighted by atomic mass is 10.2. The third-order valence-corrected chi connectivity index (χ3v) is 3.25. The Morgan fingerprint density at radius 3 is 2.74 bits per heavy atom. The third-order valence-electron chi connectivity index (χ3n) is 2.90. The zero-order valence-electron chi connectivity index (χ0n) is 10.6. The summed E-state index contributed by atoms with van der Waals surface area (Å²) < 4.78 is 3.61. The van der Waals surface area contributed by atoms with Crippen LogP contribution in [0, 0.1) is 0 Å². The Hall–Kier alpha value is -1.95. The summed E-state index contributed by atoms with van der Waals surface area (Å²) in [6.45, 7) is 0. The highest BCUT2D eigenvalue weighted by atomic mass is 32.1. The normalized spacial score (nSPS) is 10.6. The van der Waals surface area contributed by atoms with Gasteiger partial charge in [0.1, 0.15) is 5.69 Å². The second-order valence-corrected chi connectivity index (χ2v) is 4.62. The molecule has 0 saturated heterocycles. The molecule has 1 N–H and O–H groups in total. The molecule has 0 saturated carbocycles. The van der Waals surface area contributed by atoms with E-state index in [1.807, 2.05) is 41.9 Å². The molecule has 0 spiro atoms. The smallest absolute Gasteiger partial charge is 0.303 e. The fourth-order valence-corrected chi connectivity index (χ4v) is 2.10. The molecule has 0 fully saturated rings. The van der Waals surface area contributed by atoms with Crippen molar-refractivity contribution in [2.75, 3.05) is 0 Å². The van der Waals surface area contributed by atoms with Crippen LogP contribution >= 0.6 is 0 Å². The number of hydrogen-bond acceptors (Lipinski definition) is 3. The molecule has 0 aliphatic heterocycles.